The van der Waals surface area contributed by atoms with Crippen LogP contribution in [0.4, 0.5) is 8.78 Å². The van der Waals surface area contributed by atoms with Crippen molar-refractivity contribution in [3.63, 3.8) is 0 Å². The third-order valence-corrected chi connectivity index (χ3v) is 7.33. The zero-order chi connectivity index (χ0) is 25.7. The van der Waals surface area contributed by atoms with Gasteiger partial charge >= 0.3 is 0 Å². The molecule has 0 fully saturated rings. The first-order valence-electron chi connectivity index (χ1n) is 12.1. The van der Waals surface area contributed by atoms with Crippen LogP contribution in [-0.4, -0.2) is 47.9 Å². The summed E-state index contributed by atoms with van der Waals surface area (Å²) in [6.45, 7) is 4.99. The molecule has 0 saturated carbocycles. The molecular weight excluding hydrogens is 482 g/mol. The van der Waals surface area contributed by atoms with E-state index in [2.05, 4.69) is 0 Å². The highest BCUT2D eigenvalue weighted by Crippen LogP contribution is 2.34. The SMILES string of the molecule is CC(C)CCN(CC(=O)N1CCc2sccc2[C@H]1COc1ccc(F)cc1)C(=O)c1ccccc1F. The molecule has 1 aliphatic heterocycles. The number of fused-ring (bicyclic) bond motifs is 1. The van der Waals surface area contributed by atoms with E-state index in [4.69, 9.17) is 4.74 Å². The Labute approximate surface area is 214 Å². The Morgan fingerprint density at radius 2 is 1.86 bits per heavy atom. The van der Waals surface area contributed by atoms with Crippen molar-refractivity contribution < 1.29 is 23.1 Å². The van der Waals surface area contributed by atoms with Gasteiger partial charge in [0.1, 0.15) is 30.5 Å². The molecule has 4 rings (SSSR count). The molecule has 190 valence electrons. The molecule has 36 heavy (non-hydrogen) atoms. The predicted octanol–water partition coefficient (Wildman–Crippen LogP) is 5.72. The molecule has 0 radical (unpaired) electrons. The number of hydrogen-bond donors (Lipinski definition) is 0. The summed E-state index contributed by atoms with van der Waals surface area (Å²) in [5.41, 5.74) is 0.986. The molecular formula is C28H30F2N2O3S. The van der Waals surface area contributed by atoms with E-state index in [0.717, 1.165) is 12.0 Å². The fraction of sp³-hybridized carbons (Fsp3) is 0.357. The van der Waals surface area contributed by atoms with E-state index < -0.39 is 11.7 Å². The third-order valence-electron chi connectivity index (χ3n) is 6.33. The number of amides is 2. The Morgan fingerprint density at radius 3 is 2.58 bits per heavy atom. The van der Waals surface area contributed by atoms with Crippen LogP contribution >= 0.6 is 11.3 Å². The zero-order valence-corrected chi connectivity index (χ0v) is 21.3. The molecule has 2 amide bonds. The Morgan fingerprint density at radius 1 is 1.11 bits per heavy atom. The largest absolute Gasteiger partial charge is 0.491 e. The molecule has 8 heteroatoms. The van der Waals surface area contributed by atoms with Crippen LogP contribution in [0.5, 0.6) is 5.75 Å². The number of ether oxygens (including phenoxy) is 1. The highest BCUT2D eigenvalue weighted by Gasteiger charge is 2.34. The number of thiophene rings is 1. The van der Waals surface area contributed by atoms with Crippen LogP contribution < -0.4 is 4.74 Å². The van der Waals surface area contributed by atoms with E-state index in [1.807, 2.05) is 25.3 Å². The molecule has 0 saturated heterocycles. The molecule has 0 unspecified atom stereocenters. The molecule has 2 aromatic carbocycles. The van der Waals surface area contributed by atoms with Gasteiger partial charge in [-0.3, -0.25) is 9.59 Å². The molecule has 0 bridgehead atoms. The third kappa shape index (κ3) is 6.10. The van der Waals surface area contributed by atoms with Crippen molar-refractivity contribution in [2.45, 2.75) is 32.7 Å². The molecule has 0 spiro atoms. The second-order valence-electron chi connectivity index (χ2n) is 9.31. The van der Waals surface area contributed by atoms with Crippen LogP contribution in [0.1, 0.15) is 47.1 Å². The highest BCUT2D eigenvalue weighted by molar-refractivity contribution is 7.10. The van der Waals surface area contributed by atoms with E-state index in [1.165, 1.54) is 40.1 Å². The van der Waals surface area contributed by atoms with Crippen LogP contribution in [0, 0.1) is 17.6 Å². The lowest BCUT2D eigenvalue weighted by atomic mass is 10.00. The number of carbonyl (C=O) groups excluding carboxylic acids is 2. The number of benzene rings is 2. The van der Waals surface area contributed by atoms with E-state index in [1.54, 1.807) is 34.4 Å². The first kappa shape index (κ1) is 25.8. The fourth-order valence-electron chi connectivity index (χ4n) is 4.31. The maximum absolute atomic E-state index is 14.4. The Hall–Kier alpha value is -3.26. The van der Waals surface area contributed by atoms with Gasteiger partial charge in [0.25, 0.3) is 5.91 Å². The number of carbonyl (C=O) groups is 2. The number of nitrogens with zero attached hydrogens (tertiary/aromatic N) is 2. The Kier molecular flexibility index (Phi) is 8.36. The standard InChI is InChI=1S/C28H30F2N2O3S/c1-19(2)11-14-31(28(34)22-5-3-4-6-24(22)30)17-27(33)32-15-12-26-23(13-16-36-26)25(32)18-35-21-9-7-20(29)8-10-21/h3-10,13,16,19,25H,11-12,14-15,17-18H2,1-2H3/t25-/m1/s1. The van der Waals surface area contributed by atoms with Crippen molar-refractivity contribution >= 4 is 23.2 Å². The monoisotopic (exact) mass is 512 g/mol. The highest BCUT2D eigenvalue weighted by atomic mass is 32.1. The van der Waals surface area contributed by atoms with Gasteiger partial charge in [-0.05, 0) is 72.2 Å². The molecule has 3 aromatic rings. The summed E-state index contributed by atoms with van der Waals surface area (Å²) in [7, 11) is 0. The summed E-state index contributed by atoms with van der Waals surface area (Å²) in [6, 6.07) is 13.3. The minimum atomic E-state index is -0.601. The van der Waals surface area contributed by atoms with E-state index in [0.29, 0.717) is 31.2 Å². The van der Waals surface area contributed by atoms with Crippen LogP contribution in [0.3, 0.4) is 0 Å². The van der Waals surface area contributed by atoms with Gasteiger partial charge in [0.2, 0.25) is 5.91 Å². The van der Waals surface area contributed by atoms with Crippen LogP contribution in [0.15, 0.2) is 60.0 Å². The fourth-order valence-corrected chi connectivity index (χ4v) is 5.23. The van der Waals surface area contributed by atoms with Gasteiger partial charge in [-0.25, -0.2) is 8.78 Å². The smallest absolute Gasteiger partial charge is 0.257 e. The first-order chi connectivity index (χ1) is 17.3. The van der Waals surface area contributed by atoms with E-state index in [9.17, 15) is 18.4 Å². The lowest BCUT2D eigenvalue weighted by Crippen LogP contribution is -2.48. The Bertz CT molecular complexity index is 1200. The normalized spacial score (nSPS) is 15.0. The summed E-state index contributed by atoms with van der Waals surface area (Å²) in [6.07, 6.45) is 1.41. The van der Waals surface area contributed by atoms with Crippen molar-refractivity contribution in [2.24, 2.45) is 5.92 Å². The van der Waals surface area contributed by atoms with Crippen molar-refractivity contribution in [3.8, 4) is 5.75 Å². The molecule has 5 nitrogen and oxygen atoms in total. The summed E-state index contributed by atoms with van der Waals surface area (Å²) in [5, 5.41) is 2.00. The topological polar surface area (TPSA) is 49.9 Å². The van der Waals surface area contributed by atoms with Crippen molar-refractivity contribution in [1.29, 1.82) is 0 Å². The van der Waals surface area contributed by atoms with Gasteiger partial charge in [0.05, 0.1) is 11.6 Å². The van der Waals surface area contributed by atoms with Crippen molar-refractivity contribution in [3.05, 3.63) is 87.6 Å². The number of halogens is 2. The second-order valence-corrected chi connectivity index (χ2v) is 10.3. The van der Waals surface area contributed by atoms with Gasteiger partial charge in [0.15, 0.2) is 0 Å². The minimum Gasteiger partial charge on any atom is -0.491 e. The quantitative estimate of drug-likeness (QED) is 0.369. The molecule has 2 heterocycles. The zero-order valence-electron chi connectivity index (χ0n) is 20.5. The van der Waals surface area contributed by atoms with Gasteiger partial charge < -0.3 is 14.5 Å². The van der Waals surface area contributed by atoms with Crippen molar-refractivity contribution in [2.75, 3.05) is 26.2 Å². The average molecular weight is 513 g/mol. The maximum atomic E-state index is 14.4. The van der Waals surface area contributed by atoms with Gasteiger partial charge in [-0.2, -0.15) is 0 Å². The molecule has 1 aromatic heterocycles. The van der Waals surface area contributed by atoms with E-state index >= 15 is 0 Å². The first-order valence-corrected chi connectivity index (χ1v) is 13.0. The van der Waals surface area contributed by atoms with Gasteiger partial charge in [0, 0.05) is 18.0 Å². The summed E-state index contributed by atoms with van der Waals surface area (Å²) >= 11 is 1.65. The van der Waals surface area contributed by atoms with Gasteiger partial charge in [-0.1, -0.05) is 26.0 Å². The summed E-state index contributed by atoms with van der Waals surface area (Å²) in [5.74, 6) is -0.827. The second kappa shape index (κ2) is 11.6. The molecule has 0 aliphatic carbocycles. The van der Waals surface area contributed by atoms with E-state index in [-0.39, 0.29) is 36.5 Å². The van der Waals surface area contributed by atoms with Crippen LogP contribution in [0.25, 0.3) is 0 Å². The summed E-state index contributed by atoms with van der Waals surface area (Å²) < 4.78 is 33.6. The average Bonchev–Trinajstić information content (AvgIpc) is 3.35. The van der Waals surface area contributed by atoms with Crippen LogP contribution in [0.2, 0.25) is 0 Å². The summed E-state index contributed by atoms with van der Waals surface area (Å²) in [4.78, 5) is 31.2. The lowest BCUT2D eigenvalue weighted by molar-refractivity contribution is -0.135. The number of rotatable bonds is 9. The lowest BCUT2D eigenvalue weighted by Gasteiger charge is -2.37. The molecule has 1 atom stereocenters. The minimum absolute atomic E-state index is 0.0379. The Balaban J connectivity index is 1.54. The van der Waals surface area contributed by atoms with Gasteiger partial charge in [-0.15, -0.1) is 11.3 Å². The molecule has 1 aliphatic rings. The predicted molar refractivity (Wildman–Crippen MR) is 136 cm³/mol. The van der Waals surface area contributed by atoms with Crippen molar-refractivity contribution in [1.82, 2.24) is 9.80 Å². The molecule has 0 N–H and O–H groups in total. The number of hydrogen-bond acceptors (Lipinski definition) is 4. The van der Waals surface area contributed by atoms with Crippen LogP contribution in [-0.2, 0) is 11.2 Å². The maximum Gasteiger partial charge on any atom is 0.257 e.